The summed E-state index contributed by atoms with van der Waals surface area (Å²) in [7, 11) is 0. The summed E-state index contributed by atoms with van der Waals surface area (Å²) in [6.45, 7) is 0. The Kier molecular flexibility index (Phi) is 3.81. The van der Waals surface area contributed by atoms with E-state index in [9.17, 15) is 18.0 Å². The van der Waals surface area contributed by atoms with Gasteiger partial charge < -0.3 is 16.6 Å². The molecule has 2 aromatic rings. The topological polar surface area (TPSA) is 107 Å². The molecule has 1 aromatic heterocycles. The first-order chi connectivity index (χ1) is 10.3. The second-order valence-corrected chi connectivity index (χ2v) is 4.26. The van der Waals surface area contributed by atoms with Gasteiger partial charge >= 0.3 is 12.1 Å². The summed E-state index contributed by atoms with van der Waals surface area (Å²) in [5, 5.41) is 12.4. The molecule has 0 atom stereocenters. The lowest BCUT2D eigenvalue weighted by molar-refractivity contribution is -0.143. The number of nitrogens with two attached hydrogens (primary N) is 2. The van der Waals surface area contributed by atoms with Crippen LogP contribution in [-0.4, -0.2) is 20.9 Å². The summed E-state index contributed by atoms with van der Waals surface area (Å²) in [5.41, 5.74) is 8.95. The smallest absolute Gasteiger partial charge is 0.434 e. The summed E-state index contributed by atoms with van der Waals surface area (Å²) in [6, 6.07) is 6.09. The average molecular weight is 312 g/mol. The first-order valence-corrected chi connectivity index (χ1v) is 5.93. The number of alkyl halides is 3. The van der Waals surface area contributed by atoms with Gasteiger partial charge in [-0.1, -0.05) is 18.2 Å². The molecule has 0 spiro atoms. The maximum Gasteiger partial charge on any atom is 0.434 e. The van der Waals surface area contributed by atoms with Gasteiger partial charge in [0, 0.05) is 17.5 Å². The number of aromatic carboxylic acids is 1. The fraction of sp³-hybridized carbons (Fsp3) is 0.0769. The molecule has 0 unspecified atom stereocenters. The molecule has 2 rings (SSSR count). The number of carbonyl (C=O) groups is 1. The van der Waals surface area contributed by atoms with Crippen LogP contribution >= 0.6 is 0 Å². The van der Waals surface area contributed by atoms with Gasteiger partial charge in [0.25, 0.3) is 0 Å². The standard InChI is InChI=1S/C13H11F3N4O2/c14-13(15,16)11-8(12(21)22)6-19-20(11)10(5-17)7-3-1-2-4-9(7)18/h1-6H,17-18H2,(H,21,22)/b10-5+. The number of benzene rings is 1. The van der Waals surface area contributed by atoms with Crippen molar-refractivity contribution in [1.82, 2.24) is 9.78 Å². The van der Waals surface area contributed by atoms with Crippen molar-refractivity contribution in [3.05, 3.63) is 53.5 Å². The Morgan fingerprint density at radius 3 is 2.41 bits per heavy atom. The fourth-order valence-electron chi connectivity index (χ4n) is 1.97. The number of nitrogen functional groups attached to an aromatic ring is 1. The number of halogens is 3. The van der Waals surface area contributed by atoms with E-state index >= 15 is 0 Å². The van der Waals surface area contributed by atoms with E-state index in [2.05, 4.69) is 5.10 Å². The van der Waals surface area contributed by atoms with Crippen molar-refractivity contribution < 1.29 is 23.1 Å². The minimum atomic E-state index is -4.93. The molecule has 0 aliphatic carbocycles. The van der Waals surface area contributed by atoms with E-state index in [1.165, 1.54) is 12.1 Å². The van der Waals surface area contributed by atoms with Crippen LogP contribution in [0, 0.1) is 0 Å². The van der Waals surface area contributed by atoms with Gasteiger partial charge in [0.2, 0.25) is 0 Å². The summed E-state index contributed by atoms with van der Waals surface area (Å²) in [5.74, 6) is -1.74. The van der Waals surface area contributed by atoms with E-state index < -0.39 is 23.4 Å². The molecule has 0 radical (unpaired) electrons. The second-order valence-electron chi connectivity index (χ2n) is 4.26. The summed E-state index contributed by atoms with van der Waals surface area (Å²) >= 11 is 0. The van der Waals surface area contributed by atoms with Crippen molar-refractivity contribution in [2.45, 2.75) is 6.18 Å². The largest absolute Gasteiger partial charge is 0.478 e. The predicted molar refractivity (Wildman–Crippen MR) is 72.6 cm³/mol. The molecule has 0 saturated carbocycles. The SMILES string of the molecule is N/C=C(\c1ccccc1N)n1ncc(C(=O)O)c1C(F)(F)F. The van der Waals surface area contributed by atoms with Gasteiger partial charge in [0.05, 0.1) is 11.9 Å². The first kappa shape index (κ1) is 15.4. The van der Waals surface area contributed by atoms with E-state index in [0.29, 0.717) is 10.9 Å². The maximum atomic E-state index is 13.2. The second kappa shape index (κ2) is 5.43. The first-order valence-electron chi connectivity index (χ1n) is 5.93. The highest BCUT2D eigenvalue weighted by molar-refractivity contribution is 5.89. The molecule has 116 valence electrons. The van der Waals surface area contributed by atoms with Crippen LogP contribution in [0.25, 0.3) is 5.70 Å². The molecule has 22 heavy (non-hydrogen) atoms. The average Bonchev–Trinajstić information content (AvgIpc) is 2.86. The Hall–Kier alpha value is -2.97. The van der Waals surface area contributed by atoms with Gasteiger partial charge in [-0.15, -0.1) is 0 Å². The zero-order valence-corrected chi connectivity index (χ0v) is 11.0. The fourth-order valence-corrected chi connectivity index (χ4v) is 1.97. The quantitative estimate of drug-likeness (QED) is 0.751. The van der Waals surface area contributed by atoms with Gasteiger partial charge in [-0.05, 0) is 6.07 Å². The number of hydrogen-bond donors (Lipinski definition) is 3. The van der Waals surface area contributed by atoms with Gasteiger partial charge in [-0.2, -0.15) is 18.3 Å². The van der Waals surface area contributed by atoms with E-state index in [4.69, 9.17) is 16.6 Å². The third kappa shape index (κ3) is 2.60. The van der Waals surface area contributed by atoms with Crippen molar-refractivity contribution >= 4 is 17.4 Å². The molecule has 0 aliphatic heterocycles. The third-order valence-corrected chi connectivity index (χ3v) is 2.89. The molecule has 9 heteroatoms. The van der Waals surface area contributed by atoms with Gasteiger partial charge in [0.15, 0.2) is 5.69 Å². The Bertz CT molecular complexity index is 750. The molecule has 1 aromatic carbocycles. The molecular weight excluding hydrogens is 301 g/mol. The van der Waals surface area contributed by atoms with Crippen LogP contribution in [0.4, 0.5) is 18.9 Å². The lowest BCUT2D eigenvalue weighted by Gasteiger charge is -2.15. The Morgan fingerprint density at radius 2 is 1.91 bits per heavy atom. The lowest BCUT2D eigenvalue weighted by Crippen LogP contribution is -2.19. The van der Waals surface area contributed by atoms with Crippen LogP contribution in [0.1, 0.15) is 21.6 Å². The van der Waals surface area contributed by atoms with Crippen LogP contribution in [0.5, 0.6) is 0 Å². The number of hydrogen-bond acceptors (Lipinski definition) is 4. The van der Waals surface area contributed by atoms with E-state index in [1.807, 2.05) is 0 Å². The molecule has 0 fully saturated rings. The van der Waals surface area contributed by atoms with Crippen LogP contribution in [0.3, 0.4) is 0 Å². The highest BCUT2D eigenvalue weighted by Crippen LogP contribution is 2.35. The maximum absolute atomic E-state index is 13.2. The molecule has 1 heterocycles. The normalized spacial score (nSPS) is 12.4. The minimum absolute atomic E-state index is 0.169. The van der Waals surface area contributed by atoms with Gasteiger partial charge in [-0.3, -0.25) is 0 Å². The zero-order valence-electron chi connectivity index (χ0n) is 11.0. The van der Waals surface area contributed by atoms with Crippen LogP contribution in [0.15, 0.2) is 36.7 Å². The number of nitrogens with zero attached hydrogens (tertiary/aromatic N) is 2. The number of carboxylic acid groups (broad SMARTS) is 1. The van der Waals surface area contributed by atoms with E-state index in [-0.39, 0.29) is 16.9 Å². The molecular formula is C13H11F3N4O2. The highest BCUT2D eigenvalue weighted by Gasteiger charge is 2.41. The van der Waals surface area contributed by atoms with Crippen LogP contribution in [0.2, 0.25) is 0 Å². The lowest BCUT2D eigenvalue weighted by atomic mass is 10.1. The van der Waals surface area contributed by atoms with Crippen molar-refractivity contribution in [2.24, 2.45) is 5.73 Å². The summed E-state index contributed by atoms with van der Waals surface area (Å²) in [6.07, 6.45) is -3.42. The monoisotopic (exact) mass is 312 g/mol. The summed E-state index contributed by atoms with van der Waals surface area (Å²) in [4.78, 5) is 11.0. The highest BCUT2D eigenvalue weighted by atomic mass is 19.4. The molecule has 6 nitrogen and oxygen atoms in total. The number of aromatic nitrogens is 2. The summed E-state index contributed by atoms with van der Waals surface area (Å²) < 4.78 is 40.0. The molecule has 0 aliphatic rings. The number of para-hydroxylation sites is 1. The number of carboxylic acids is 1. The van der Waals surface area contributed by atoms with Crippen molar-refractivity contribution in [3.63, 3.8) is 0 Å². The molecule has 0 saturated heterocycles. The third-order valence-electron chi connectivity index (χ3n) is 2.89. The Labute approximate surface area is 122 Å². The van der Waals surface area contributed by atoms with Crippen LogP contribution in [-0.2, 0) is 6.18 Å². The zero-order chi connectivity index (χ0) is 16.5. The predicted octanol–water partition coefficient (Wildman–Crippen LogP) is 1.99. The Morgan fingerprint density at radius 1 is 1.27 bits per heavy atom. The minimum Gasteiger partial charge on any atom is -0.478 e. The number of anilines is 1. The van der Waals surface area contributed by atoms with E-state index in [1.54, 1.807) is 12.1 Å². The Balaban J connectivity index is 2.71. The molecule has 5 N–H and O–H groups in total. The van der Waals surface area contributed by atoms with E-state index in [0.717, 1.165) is 6.20 Å². The van der Waals surface area contributed by atoms with Gasteiger partial charge in [-0.25, -0.2) is 9.48 Å². The molecule has 0 amide bonds. The van der Waals surface area contributed by atoms with Crippen molar-refractivity contribution in [2.75, 3.05) is 5.73 Å². The number of rotatable bonds is 3. The van der Waals surface area contributed by atoms with Crippen molar-refractivity contribution in [3.8, 4) is 0 Å². The van der Waals surface area contributed by atoms with Crippen molar-refractivity contribution in [1.29, 1.82) is 0 Å². The van der Waals surface area contributed by atoms with Crippen LogP contribution < -0.4 is 11.5 Å². The van der Waals surface area contributed by atoms with Gasteiger partial charge in [0.1, 0.15) is 5.56 Å². The molecule has 0 bridgehead atoms.